The molecule has 0 aliphatic rings. The highest BCUT2D eigenvalue weighted by Crippen LogP contribution is 2.22. The molecule has 0 radical (unpaired) electrons. The zero-order valence-electron chi connectivity index (χ0n) is 12.2. The molecule has 0 aromatic carbocycles. The van der Waals surface area contributed by atoms with Crippen LogP contribution in [0.1, 0.15) is 39.2 Å². The van der Waals surface area contributed by atoms with Crippen molar-refractivity contribution in [3.05, 3.63) is 30.1 Å². The predicted molar refractivity (Wildman–Crippen MR) is 76.2 cm³/mol. The lowest BCUT2D eigenvalue weighted by atomic mass is 9.87. The lowest BCUT2D eigenvalue weighted by Gasteiger charge is -2.25. The molecular weight excluding hydrogens is 256 g/mol. The summed E-state index contributed by atoms with van der Waals surface area (Å²) in [5.74, 6) is -1.07. The van der Waals surface area contributed by atoms with Crippen molar-refractivity contribution >= 4 is 11.9 Å². The first-order chi connectivity index (χ1) is 9.26. The number of nitrogens with one attached hydrogen (secondary N) is 1. The van der Waals surface area contributed by atoms with Crippen molar-refractivity contribution in [3.63, 3.8) is 0 Å². The third kappa shape index (κ3) is 6.87. The second-order valence-electron chi connectivity index (χ2n) is 6.17. The summed E-state index contributed by atoms with van der Waals surface area (Å²) in [6.07, 6.45) is 4.06. The van der Waals surface area contributed by atoms with Crippen LogP contribution in [-0.4, -0.2) is 28.0 Å². The zero-order valence-corrected chi connectivity index (χ0v) is 12.2. The Labute approximate surface area is 119 Å². The minimum Gasteiger partial charge on any atom is -0.481 e. The van der Waals surface area contributed by atoms with Crippen molar-refractivity contribution in [1.29, 1.82) is 0 Å². The summed E-state index contributed by atoms with van der Waals surface area (Å²) in [5, 5.41) is 11.7. The number of carbonyl (C=O) groups excluding carboxylic acids is 1. The van der Waals surface area contributed by atoms with Gasteiger partial charge in [-0.2, -0.15) is 0 Å². The van der Waals surface area contributed by atoms with Gasteiger partial charge in [-0.3, -0.25) is 14.6 Å². The average Bonchev–Trinajstić information content (AvgIpc) is 2.26. The molecule has 0 spiro atoms. The normalized spacial score (nSPS) is 12.8. The van der Waals surface area contributed by atoms with Crippen LogP contribution in [0.4, 0.5) is 0 Å². The Morgan fingerprint density at radius 2 is 2.10 bits per heavy atom. The summed E-state index contributed by atoms with van der Waals surface area (Å²) in [4.78, 5) is 26.8. The molecular formula is C15H22N2O3. The molecule has 2 N–H and O–H groups in total. The van der Waals surface area contributed by atoms with E-state index in [9.17, 15) is 9.59 Å². The maximum Gasteiger partial charge on any atom is 0.305 e. The lowest BCUT2D eigenvalue weighted by molar-refractivity contribution is -0.137. The first kappa shape index (κ1) is 16.1. The SMILES string of the molecule is CC(C)(C)CC(CC(=O)O)NC(=O)Cc1cccnc1. The molecule has 20 heavy (non-hydrogen) atoms. The Morgan fingerprint density at radius 1 is 1.40 bits per heavy atom. The number of aliphatic carboxylic acids is 1. The van der Waals surface area contributed by atoms with Gasteiger partial charge in [-0.25, -0.2) is 0 Å². The van der Waals surface area contributed by atoms with Gasteiger partial charge in [0.15, 0.2) is 0 Å². The maximum absolute atomic E-state index is 12.0. The number of hydrogen-bond acceptors (Lipinski definition) is 3. The third-order valence-corrected chi connectivity index (χ3v) is 2.73. The lowest BCUT2D eigenvalue weighted by Crippen LogP contribution is -2.39. The van der Waals surface area contributed by atoms with Crippen LogP contribution in [0.25, 0.3) is 0 Å². The highest BCUT2D eigenvalue weighted by Gasteiger charge is 2.22. The van der Waals surface area contributed by atoms with Crippen molar-refractivity contribution in [2.45, 2.75) is 46.1 Å². The molecule has 0 aliphatic carbocycles. The summed E-state index contributed by atoms with van der Waals surface area (Å²) in [7, 11) is 0. The maximum atomic E-state index is 12.0. The van der Waals surface area contributed by atoms with Crippen molar-refractivity contribution in [3.8, 4) is 0 Å². The summed E-state index contributed by atoms with van der Waals surface area (Å²) < 4.78 is 0. The van der Waals surface area contributed by atoms with Crippen LogP contribution in [0, 0.1) is 5.41 Å². The van der Waals surface area contributed by atoms with Gasteiger partial charge in [-0.15, -0.1) is 0 Å². The Kier molecular flexibility index (Phi) is 5.67. The molecule has 5 nitrogen and oxygen atoms in total. The average molecular weight is 278 g/mol. The van der Waals surface area contributed by atoms with Crippen LogP contribution < -0.4 is 5.32 Å². The third-order valence-electron chi connectivity index (χ3n) is 2.73. The van der Waals surface area contributed by atoms with Crippen molar-refractivity contribution < 1.29 is 14.7 Å². The van der Waals surface area contributed by atoms with Crippen LogP contribution in [0.2, 0.25) is 0 Å². The molecule has 110 valence electrons. The topological polar surface area (TPSA) is 79.3 Å². The highest BCUT2D eigenvalue weighted by atomic mass is 16.4. The second-order valence-corrected chi connectivity index (χ2v) is 6.17. The second kappa shape index (κ2) is 7.03. The van der Waals surface area contributed by atoms with E-state index < -0.39 is 5.97 Å². The minimum atomic E-state index is -0.902. The molecule has 1 aromatic rings. The fourth-order valence-corrected chi connectivity index (χ4v) is 2.09. The van der Waals surface area contributed by atoms with Crippen LogP contribution >= 0.6 is 0 Å². The van der Waals surface area contributed by atoms with Crippen molar-refractivity contribution in [2.24, 2.45) is 5.41 Å². The van der Waals surface area contributed by atoms with Gasteiger partial charge in [-0.1, -0.05) is 26.8 Å². The number of amides is 1. The van der Waals surface area contributed by atoms with Gasteiger partial charge in [0.2, 0.25) is 5.91 Å². The van der Waals surface area contributed by atoms with E-state index in [1.54, 1.807) is 18.5 Å². The molecule has 1 amide bonds. The summed E-state index contributed by atoms with van der Waals surface area (Å²) in [6.45, 7) is 6.07. The minimum absolute atomic E-state index is 0.0400. The number of carbonyl (C=O) groups is 2. The fourth-order valence-electron chi connectivity index (χ4n) is 2.09. The molecule has 1 rings (SSSR count). The molecule has 0 saturated heterocycles. The fraction of sp³-hybridized carbons (Fsp3) is 0.533. The van der Waals surface area contributed by atoms with Crippen LogP contribution in [-0.2, 0) is 16.0 Å². The van der Waals surface area contributed by atoms with E-state index >= 15 is 0 Å². The Morgan fingerprint density at radius 3 is 2.60 bits per heavy atom. The van der Waals surface area contributed by atoms with Gasteiger partial charge in [0.1, 0.15) is 0 Å². The Bertz CT molecular complexity index is 452. The first-order valence-corrected chi connectivity index (χ1v) is 6.66. The number of hydrogen-bond donors (Lipinski definition) is 2. The molecule has 5 heteroatoms. The van der Waals surface area contributed by atoms with Crippen molar-refractivity contribution in [1.82, 2.24) is 10.3 Å². The highest BCUT2D eigenvalue weighted by molar-refractivity contribution is 5.79. The summed E-state index contributed by atoms with van der Waals surface area (Å²) in [5.41, 5.74) is 0.775. The van der Waals surface area contributed by atoms with Crippen LogP contribution in [0.15, 0.2) is 24.5 Å². The number of carboxylic acids is 1. The predicted octanol–water partition coefficient (Wildman–Crippen LogP) is 2.02. The summed E-state index contributed by atoms with van der Waals surface area (Å²) >= 11 is 0. The van der Waals surface area contributed by atoms with Gasteiger partial charge in [-0.05, 0) is 23.5 Å². The number of pyridine rings is 1. The quantitative estimate of drug-likeness (QED) is 0.834. The molecule has 0 bridgehead atoms. The van der Waals surface area contributed by atoms with Crippen LogP contribution in [0.3, 0.4) is 0 Å². The van der Waals surface area contributed by atoms with Gasteiger partial charge in [0.25, 0.3) is 0 Å². The van der Waals surface area contributed by atoms with E-state index in [0.717, 1.165) is 5.56 Å². The molecule has 1 heterocycles. The smallest absolute Gasteiger partial charge is 0.305 e. The summed E-state index contributed by atoms with van der Waals surface area (Å²) in [6, 6.07) is 3.24. The Balaban J connectivity index is 2.59. The number of aromatic nitrogens is 1. The number of carboxylic acid groups (broad SMARTS) is 1. The monoisotopic (exact) mass is 278 g/mol. The zero-order chi connectivity index (χ0) is 15.2. The van der Waals surface area contributed by atoms with Crippen LogP contribution in [0.5, 0.6) is 0 Å². The Hall–Kier alpha value is -1.91. The molecule has 0 aliphatic heterocycles. The first-order valence-electron chi connectivity index (χ1n) is 6.66. The van der Waals surface area contributed by atoms with E-state index in [2.05, 4.69) is 10.3 Å². The molecule has 1 unspecified atom stereocenters. The largest absolute Gasteiger partial charge is 0.481 e. The van der Waals surface area contributed by atoms with E-state index in [0.29, 0.717) is 6.42 Å². The van der Waals surface area contributed by atoms with Gasteiger partial charge in [0.05, 0.1) is 12.8 Å². The van der Waals surface area contributed by atoms with E-state index in [4.69, 9.17) is 5.11 Å². The molecule has 0 fully saturated rings. The molecule has 1 aromatic heterocycles. The van der Waals surface area contributed by atoms with Gasteiger partial charge in [0, 0.05) is 18.4 Å². The van der Waals surface area contributed by atoms with Crippen molar-refractivity contribution in [2.75, 3.05) is 0 Å². The van der Waals surface area contributed by atoms with E-state index in [1.165, 1.54) is 0 Å². The number of rotatable bonds is 6. The van der Waals surface area contributed by atoms with E-state index in [-0.39, 0.29) is 30.2 Å². The van der Waals surface area contributed by atoms with Gasteiger partial charge < -0.3 is 10.4 Å². The molecule has 0 saturated carbocycles. The van der Waals surface area contributed by atoms with Gasteiger partial charge >= 0.3 is 5.97 Å². The number of nitrogens with zero attached hydrogens (tertiary/aromatic N) is 1. The van der Waals surface area contributed by atoms with E-state index in [1.807, 2.05) is 26.8 Å². The molecule has 1 atom stereocenters. The standard InChI is InChI=1S/C15H22N2O3/c1-15(2,3)9-12(8-14(19)20)17-13(18)7-11-5-4-6-16-10-11/h4-6,10,12H,7-9H2,1-3H3,(H,17,18)(H,19,20).